The maximum Gasteiger partial charge on any atom is 0.256 e. The lowest BCUT2D eigenvalue weighted by Gasteiger charge is -2.09. The molecule has 0 spiro atoms. The van der Waals surface area contributed by atoms with E-state index in [-0.39, 0.29) is 11.6 Å². The van der Waals surface area contributed by atoms with Gasteiger partial charge < -0.3 is 11.1 Å². The summed E-state index contributed by atoms with van der Waals surface area (Å²) >= 11 is 3.34. The lowest BCUT2D eigenvalue weighted by molar-refractivity contribution is 0.102. The lowest BCUT2D eigenvalue weighted by Crippen LogP contribution is -2.14. The SMILES string of the molecule is Cc1ccc(C(=O)Nc2ccc(F)cc2N)c(Br)c1. The molecule has 0 aliphatic carbocycles. The number of aryl methyl sites for hydroxylation is 1. The standard InChI is InChI=1S/C14H12BrFN2O/c1-8-2-4-10(11(15)6-8)14(19)18-13-5-3-9(16)7-12(13)17/h2-7H,17H2,1H3,(H,18,19). The van der Waals surface area contributed by atoms with Gasteiger partial charge in [0.2, 0.25) is 0 Å². The van der Waals surface area contributed by atoms with E-state index in [0.29, 0.717) is 15.7 Å². The molecule has 0 atom stereocenters. The number of carbonyl (C=O) groups excluding carboxylic acids is 1. The minimum Gasteiger partial charge on any atom is -0.397 e. The van der Waals surface area contributed by atoms with Crippen molar-refractivity contribution < 1.29 is 9.18 Å². The fourth-order valence-corrected chi connectivity index (χ4v) is 2.31. The third-order valence-electron chi connectivity index (χ3n) is 2.63. The van der Waals surface area contributed by atoms with E-state index in [1.54, 1.807) is 6.07 Å². The van der Waals surface area contributed by atoms with Crippen LogP contribution in [0.25, 0.3) is 0 Å². The zero-order valence-electron chi connectivity index (χ0n) is 10.2. The molecule has 0 bridgehead atoms. The highest BCUT2D eigenvalue weighted by Gasteiger charge is 2.11. The van der Waals surface area contributed by atoms with Crippen molar-refractivity contribution >= 4 is 33.2 Å². The number of benzene rings is 2. The fraction of sp³-hybridized carbons (Fsp3) is 0.0714. The monoisotopic (exact) mass is 322 g/mol. The van der Waals surface area contributed by atoms with E-state index in [0.717, 1.165) is 5.56 Å². The summed E-state index contributed by atoms with van der Waals surface area (Å²) in [4.78, 5) is 12.1. The molecule has 0 aliphatic rings. The van der Waals surface area contributed by atoms with Gasteiger partial charge in [-0.05, 0) is 58.7 Å². The Balaban J connectivity index is 2.25. The number of halogens is 2. The summed E-state index contributed by atoms with van der Waals surface area (Å²) in [5.74, 6) is -0.739. The maximum absolute atomic E-state index is 12.9. The van der Waals surface area contributed by atoms with Gasteiger partial charge in [-0.25, -0.2) is 4.39 Å². The van der Waals surface area contributed by atoms with Crippen molar-refractivity contribution in [1.29, 1.82) is 0 Å². The number of carbonyl (C=O) groups is 1. The number of rotatable bonds is 2. The Hall–Kier alpha value is -1.88. The van der Waals surface area contributed by atoms with Crippen LogP contribution in [0.1, 0.15) is 15.9 Å². The highest BCUT2D eigenvalue weighted by atomic mass is 79.9. The van der Waals surface area contributed by atoms with Crippen molar-refractivity contribution in [2.24, 2.45) is 0 Å². The number of amides is 1. The highest BCUT2D eigenvalue weighted by molar-refractivity contribution is 9.10. The molecule has 3 nitrogen and oxygen atoms in total. The molecule has 0 saturated carbocycles. The van der Waals surface area contributed by atoms with Crippen molar-refractivity contribution in [3.8, 4) is 0 Å². The Morgan fingerprint density at radius 3 is 2.63 bits per heavy atom. The van der Waals surface area contributed by atoms with Crippen LogP contribution in [0.4, 0.5) is 15.8 Å². The van der Waals surface area contributed by atoms with Crippen LogP contribution >= 0.6 is 15.9 Å². The molecule has 0 unspecified atom stereocenters. The molecule has 2 aromatic carbocycles. The van der Waals surface area contributed by atoms with Crippen LogP contribution in [0.2, 0.25) is 0 Å². The summed E-state index contributed by atoms with van der Waals surface area (Å²) in [5.41, 5.74) is 7.76. The molecule has 0 fully saturated rings. The Morgan fingerprint density at radius 2 is 2.00 bits per heavy atom. The van der Waals surface area contributed by atoms with E-state index < -0.39 is 5.82 Å². The summed E-state index contributed by atoms with van der Waals surface area (Å²) in [7, 11) is 0. The largest absolute Gasteiger partial charge is 0.397 e. The molecule has 3 N–H and O–H groups in total. The normalized spacial score (nSPS) is 10.3. The maximum atomic E-state index is 12.9. The van der Waals surface area contributed by atoms with Crippen LogP contribution in [0, 0.1) is 12.7 Å². The zero-order chi connectivity index (χ0) is 14.0. The van der Waals surface area contributed by atoms with Crippen molar-refractivity contribution in [2.45, 2.75) is 6.92 Å². The van der Waals surface area contributed by atoms with E-state index >= 15 is 0 Å². The molecule has 2 aromatic rings. The van der Waals surface area contributed by atoms with Crippen molar-refractivity contribution in [3.05, 3.63) is 57.8 Å². The van der Waals surface area contributed by atoms with Gasteiger partial charge in [0.05, 0.1) is 16.9 Å². The quantitative estimate of drug-likeness (QED) is 0.828. The van der Waals surface area contributed by atoms with E-state index in [4.69, 9.17) is 5.73 Å². The van der Waals surface area contributed by atoms with Crippen LogP contribution in [0.15, 0.2) is 40.9 Å². The van der Waals surface area contributed by atoms with Gasteiger partial charge in [-0.3, -0.25) is 4.79 Å². The average molecular weight is 323 g/mol. The van der Waals surface area contributed by atoms with Crippen molar-refractivity contribution in [1.82, 2.24) is 0 Å². The molecule has 98 valence electrons. The summed E-state index contributed by atoms with van der Waals surface area (Å²) < 4.78 is 13.6. The van der Waals surface area contributed by atoms with Crippen molar-refractivity contribution in [2.75, 3.05) is 11.1 Å². The summed E-state index contributed by atoms with van der Waals surface area (Å²) in [6.07, 6.45) is 0. The third-order valence-corrected chi connectivity index (χ3v) is 3.29. The van der Waals surface area contributed by atoms with E-state index in [2.05, 4.69) is 21.2 Å². The Kier molecular flexibility index (Phi) is 3.85. The van der Waals surface area contributed by atoms with Crippen molar-refractivity contribution in [3.63, 3.8) is 0 Å². The van der Waals surface area contributed by atoms with Gasteiger partial charge in [-0.1, -0.05) is 6.07 Å². The lowest BCUT2D eigenvalue weighted by atomic mass is 10.1. The second-order valence-corrected chi connectivity index (χ2v) is 5.02. The summed E-state index contributed by atoms with van der Waals surface area (Å²) in [5, 5.41) is 2.65. The minimum atomic E-state index is -0.438. The molecule has 1 amide bonds. The van der Waals surface area contributed by atoms with Gasteiger partial charge >= 0.3 is 0 Å². The minimum absolute atomic E-state index is 0.191. The van der Waals surface area contributed by atoms with Crippen LogP contribution in [0.3, 0.4) is 0 Å². The number of nitrogens with one attached hydrogen (secondary N) is 1. The van der Waals surface area contributed by atoms with E-state index in [1.807, 2.05) is 19.1 Å². The molecule has 0 aromatic heterocycles. The molecular formula is C14H12BrFN2O. The molecule has 0 radical (unpaired) electrons. The number of nitrogens with two attached hydrogens (primary N) is 1. The number of hydrogen-bond donors (Lipinski definition) is 2. The highest BCUT2D eigenvalue weighted by Crippen LogP contribution is 2.23. The van der Waals surface area contributed by atoms with Gasteiger partial charge in [0, 0.05) is 4.47 Å². The first-order valence-electron chi connectivity index (χ1n) is 5.60. The molecule has 2 rings (SSSR count). The number of nitrogen functional groups attached to an aromatic ring is 1. The molecule has 0 saturated heterocycles. The molecule has 0 aliphatic heterocycles. The van der Waals surface area contributed by atoms with Gasteiger partial charge in [0.1, 0.15) is 5.82 Å². The van der Waals surface area contributed by atoms with Crippen LogP contribution in [0.5, 0.6) is 0 Å². The topological polar surface area (TPSA) is 55.1 Å². The predicted molar refractivity (Wildman–Crippen MR) is 77.6 cm³/mol. The first-order chi connectivity index (χ1) is 8.97. The molecule has 5 heteroatoms. The fourth-order valence-electron chi connectivity index (χ4n) is 1.64. The Labute approximate surface area is 118 Å². The third kappa shape index (κ3) is 3.12. The molecule has 0 heterocycles. The summed E-state index contributed by atoms with van der Waals surface area (Å²) in [6.45, 7) is 1.93. The van der Waals surface area contributed by atoms with Gasteiger partial charge in [0.15, 0.2) is 0 Å². The molecule has 19 heavy (non-hydrogen) atoms. The van der Waals surface area contributed by atoms with Crippen LogP contribution in [-0.4, -0.2) is 5.91 Å². The zero-order valence-corrected chi connectivity index (χ0v) is 11.8. The first kappa shape index (κ1) is 13.5. The summed E-state index contributed by atoms with van der Waals surface area (Å²) in [6, 6.07) is 9.26. The number of hydrogen-bond acceptors (Lipinski definition) is 2. The van der Waals surface area contributed by atoms with Gasteiger partial charge in [-0.15, -0.1) is 0 Å². The second kappa shape index (κ2) is 5.40. The van der Waals surface area contributed by atoms with Crippen LogP contribution < -0.4 is 11.1 Å². The Bertz CT molecular complexity index is 643. The molecular weight excluding hydrogens is 311 g/mol. The van der Waals surface area contributed by atoms with E-state index in [1.165, 1.54) is 18.2 Å². The smallest absolute Gasteiger partial charge is 0.256 e. The van der Waals surface area contributed by atoms with Gasteiger partial charge in [-0.2, -0.15) is 0 Å². The first-order valence-corrected chi connectivity index (χ1v) is 6.39. The van der Waals surface area contributed by atoms with Gasteiger partial charge in [0.25, 0.3) is 5.91 Å². The van der Waals surface area contributed by atoms with Crippen LogP contribution in [-0.2, 0) is 0 Å². The Morgan fingerprint density at radius 1 is 1.26 bits per heavy atom. The van der Waals surface area contributed by atoms with E-state index in [9.17, 15) is 9.18 Å². The second-order valence-electron chi connectivity index (χ2n) is 4.17. The number of anilines is 2. The average Bonchev–Trinajstić information content (AvgIpc) is 2.32. The predicted octanol–water partition coefficient (Wildman–Crippen LogP) is 3.73.